The predicted molar refractivity (Wildman–Crippen MR) is 61.2 cm³/mol. The Balaban J connectivity index is 2.28. The predicted octanol–water partition coefficient (Wildman–Crippen LogP) is 2.45. The van der Waals surface area contributed by atoms with E-state index in [0.717, 1.165) is 12.1 Å². The molecule has 5 heteroatoms. The maximum atomic E-state index is 13.1. The molecular formula is C13H11F2NO2. The largest absolute Gasteiger partial charge is 0.481 e. The van der Waals surface area contributed by atoms with Crippen molar-refractivity contribution < 1.29 is 18.6 Å². The molecule has 1 atom stereocenters. The van der Waals surface area contributed by atoms with Crippen LogP contribution >= 0.6 is 0 Å². The summed E-state index contributed by atoms with van der Waals surface area (Å²) >= 11 is 0. The Morgan fingerprint density at radius 3 is 2.39 bits per heavy atom. The number of pyridine rings is 1. The number of halogens is 2. The van der Waals surface area contributed by atoms with E-state index in [1.807, 2.05) is 0 Å². The van der Waals surface area contributed by atoms with E-state index in [9.17, 15) is 13.9 Å². The summed E-state index contributed by atoms with van der Waals surface area (Å²) in [5.74, 6) is -1.52. The van der Waals surface area contributed by atoms with E-state index < -0.39 is 17.7 Å². The summed E-state index contributed by atoms with van der Waals surface area (Å²) in [6.45, 7) is 0. The van der Waals surface area contributed by atoms with Crippen LogP contribution in [0.15, 0.2) is 36.5 Å². The lowest BCUT2D eigenvalue weighted by Crippen LogP contribution is -2.02. The smallest absolute Gasteiger partial charge is 0.212 e. The molecule has 0 spiro atoms. The summed E-state index contributed by atoms with van der Waals surface area (Å²) in [6, 6.07) is 6.46. The average Bonchev–Trinajstić information content (AvgIpc) is 2.41. The van der Waals surface area contributed by atoms with Gasteiger partial charge in [0.05, 0.1) is 7.11 Å². The molecule has 0 fully saturated rings. The molecule has 1 unspecified atom stereocenters. The van der Waals surface area contributed by atoms with Gasteiger partial charge in [-0.2, -0.15) is 0 Å². The second-order valence-corrected chi connectivity index (χ2v) is 3.71. The molecule has 1 aromatic heterocycles. The lowest BCUT2D eigenvalue weighted by Gasteiger charge is -2.11. The number of hydrogen-bond donors (Lipinski definition) is 1. The molecular weight excluding hydrogens is 240 g/mol. The number of methoxy groups -OCH3 is 1. The lowest BCUT2D eigenvalue weighted by molar-refractivity contribution is 0.219. The molecule has 0 amide bonds. The minimum atomic E-state index is -1.06. The lowest BCUT2D eigenvalue weighted by atomic mass is 10.0. The van der Waals surface area contributed by atoms with E-state index in [-0.39, 0.29) is 5.56 Å². The fraction of sp³-hybridized carbons (Fsp3) is 0.154. The van der Waals surface area contributed by atoms with Crippen LogP contribution in [-0.4, -0.2) is 17.2 Å². The van der Waals surface area contributed by atoms with Crippen LogP contribution in [0.2, 0.25) is 0 Å². The molecule has 2 aromatic rings. The van der Waals surface area contributed by atoms with Gasteiger partial charge in [0.2, 0.25) is 5.88 Å². The Kier molecular flexibility index (Phi) is 3.53. The number of nitrogens with zero attached hydrogens (tertiary/aromatic N) is 1. The van der Waals surface area contributed by atoms with Crippen LogP contribution in [-0.2, 0) is 0 Å². The van der Waals surface area contributed by atoms with Gasteiger partial charge in [-0.1, -0.05) is 6.07 Å². The van der Waals surface area contributed by atoms with Crippen molar-refractivity contribution in [2.45, 2.75) is 6.10 Å². The number of ether oxygens (including phenoxy) is 1. The first-order valence-electron chi connectivity index (χ1n) is 5.25. The molecule has 0 radical (unpaired) electrons. The molecule has 94 valence electrons. The molecule has 0 bridgehead atoms. The second kappa shape index (κ2) is 5.10. The molecule has 0 aliphatic heterocycles. The highest BCUT2D eigenvalue weighted by Crippen LogP contribution is 2.23. The van der Waals surface area contributed by atoms with Crippen LogP contribution < -0.4 is 4.74 Å². The zero-order valence-electron chi connectivity index (χ0n) is 9.60. The highest BCUT2D eigenvalue weighted by atomic mass is 19.2. The standard InChI is InChI=1S/C13H11F2NO2/c1-18-12-5-3-9(7-16-12)13(17)8-2-4-10(14)11(15)6-8/h2-7,13,17H,1H3. The van der Waals surface area contributed by atoms with Crippen LogP contribution in [0.1, 0.15) is 17.2 Å². The Hall–Kier alpha value is -2.01. The van der Waals surface area contributed by atoms with Gasteiger partial charge in [-0.15, -0.1) is 0 Å². The minimum absolute atomic E-state index is 0.265. The van der Waals surface area contributed by atoms with Gasteiger partial charge in [0.25, 0.3) is 0 Å². The first-order valence-corrected chi connectivity index (χ1v) is 5.25. The Labute approximate surface area is 103 Å². The van der Waals surface area contributed by atoms with Crippen LogP contribution in [0.3, 0.4) is 0 Å². The summed E-state index contributed by atoms with van der Waals surface area (Å²) < 4.78 is 30.7. The van der Waals surface area contributed by atoms with Crippen molar-refractivity contribution in [3.63, 3.8) is 0 Å². The summed E-state index contributed by atoms with van der Waals surface area (Å²) in [7, 11) is 1.48. The van der Waals surface area contributed by atoms with Gasteiger partial charge in [-0.05, 0) is 23.8 Å². The number of aliphatic hydroxyl groups excluding tert-OH is 1. The Bertz CT molecular complexity index is 543. The van der Waals surface area contributed by atoms with Gasteiger partial charge in [-0.25, -0.2) is 13.8 Å². The summed E-state index contributed by atoms with van der Waals surface area (Å²) in [5, 5.41) is 10.0. The molecule has 0 aliphatic rings. The summed E-state index contributed by atoms with van der Waals surface area (Å²) in [6.07, 6.45) is 0.364. The summed E-state index contributed by atoms with van der Waals surface area (Å²) in [4.78, 5) is 3.93. The molecule has 1 heterocycles. The van der Waals surface area contributed by atoms with E-state index in [2.05, 4.69) is 4.98 Å². The fourth-order valence-electron chi connectivity index (χ4n) is 1.55. The van der Waals surface area contributed by atoms with Crippen molar-refractivity contribution >= 4 is 0 Å². The van der Waals surface area contributed by atoms with Gasteiger partial charge in [-0.3, -0.25) is 0 Å². The van der Waals surface area contributed by atoms with Crippen molar-refractivity contribution in [3.05, 3.63) is 59.3 Å². The van der Waals surface area contributed by atoms with Crippen molar-refractivity contribution in [2.75, 3.05) is 7.11 Å². The average molecular weight is 251 g/mol. The van der Waals surface area contributed by atoms with Crippen molar-refractivity contribution in [3.8, 4) is 5.88 Å². The number of aromatic nitrogens is 1. The van der Waals surface area contributed by atoms with E-state index >= 15 is 0 Å². The topological polar surface area (TPSA) is 42.4 Å². The number of aliphatic hydroxyl groups is 1. The molecule has 0 saturated heterocycles. The normalized spacial score (nSPS) is 12.2. The van der Waals surface area contributed by atoms with E-state index in [1.165, 1.54) is 19.4 Å². The van der Waals surface area contributed by atoms with E-state index in [0.29, 0.717) is 11.4 Å². The third kappa shape index (κ3) is 2.46. The zero-order chi connectivity index (χ0) is 13.1. The molecule has 1 aromatic carbocycles. The first-order chi connectivity index (χ1) is 8.61. The minimum Gasteiger partial charge on any atom is -0.481 e. The molecule has 2 rings (SSSR count). The van der Waals surface area contributed by atoms with Crippen molar-refractivity contribution in [2.24, 2.45) is 0 Å². The SMILES string of the molecule is COc1ccc(C(O)c2ccc(F)c(F)c2)cn1. The van der Waals surface area contributed by atoms with Gasteiger partial charge in [0.15, 0.2) is 11.6 Å². The van der Waals surface area contributed by atoms with Crippen LogP contribution in [0.5, 0.6) is 5.88 Å². The number of benzene rings is 1. The first kappa shape index (κ1) is 12.4. The van der Waals surface area contributed by atoms with Gasteiger partial charge in [0.1, 0.15) is 6.10 Å². The Morgan fingerprint density at radius 1 is 1.11 bits per heavy atom. The van der Waals surface area contributed by atoms with Gasteiger partial charge in [0, 0.05) is 17.8 Å². The zero-order valence-corrected chi connectivity index (χ0v) is 9.60. The molecule has 1 N–H and O–H groups in total. The van der Waals surface area contributed by atoms with Crippen LogP contribution in [0, 0.1) is 11.6 Å². The number of rotatable bonds is 3. The molecule has 0 aliphatic carbocycles. The van der Waals surface area contributed by atoms with Crippen LogP contribution in [0.4, 0.5) is 8.78 Å². The highest BCUT2D eigenvalue weighted by Gasteiger charge is 2.13. The highest BCUT2D eigenvalue weighted by molar-refractivity contribution is 5.30. The molecule has 3 nitrogen and oxygen atoms in total. The maximum Gasteiger partial charge on any atom is 0.212 e. The van der Waals surface area contributed by atoms with Crippen molar-refractivity contribution in [1.82, 2.24) is 4.98 Å². The van der Waals surface area contributed by atoms with Gasteiger partial charge >= 0.3 is 0 Å². The monoisotopic (exact) mass is 251 g/mol. The maximum absolute atomic E-state index is 13.1. The molecule has 0 saturated carbocycles. The van der Waals surface area contributed by atoms with E-state index in [1.54, 1.807) is 12.1 Å². The van der Waals surface area contributed by atoms with Crippen LogP contribution in [0.25, 0.3) is 0 Å². The van der Waals surface area contributed by atoms with E-state index in [4.69, 9.17) is 4.74 Å². The fourth-order valence-corrected chi connectivity index (χ4v) is 1.55. The second-order valence-electron chi connectivity index (χ2n) is 3.71. The third-order valence-electron chi connectivity index (χ3n) is 2.54. The summed E-state index contributed by atoms with van der Waals surface area (Å²) in [5.41, 5.74) is 0.739. The quantitative estimate of drug-likeness (QED) is 0.911. The van der Waals surface area contributed by atoms with Crippen molar-refractivity contribution in [1.29, 1.82) is 0 Å². The van der Waals surface area contributed by atoms with Gasteiger partial charge < -0.3 is 9.84 Å². The third-order valence-corrected chi connectivity index (χ3v) is 2.54. The molecule has 18 heavy (non-hydrogen) atoms. The Morgan fingerprint density at radius 2 is 1.83 bits per heavy atom. The number of hydrogen-bond acceptors (Lipinski definition) is 3.